The summed E-state index contributed by atoms with van der Waals surface area (Å²) in [6, 6.07) is 7.13. The van der Waals surface area contributed by atoms with Crippen LogP contribution in [-0.4, -0.2) is 23.5 Å². The van der Waals surface area contributed by atoms with Crippen LogP contribution in [0, 0.1) is 5.92 Å². The largest absolute Gasteiger partial charge is 0.481 e. The number of carbonyl (C=O) groups excluding carboxylic acids is 1. The smallest absolute Gasteiger partial charge is 0.314 e. The van der Waals surface area contributed by atoms with E-state index in [0.29, 0.717) is 25.1 Å². The maximum Gasteiger partial charge on any atom is 0.314 e. The van der Waals surface area contributed by atoms with E-state index in [1.54, 1.807) is 24.3 Å². The average molecular weight is 290 g/mol. The van der Waals surface area contributed by atoms with E-state index < -0.39 is 11.4 Å². The highest BCUT2D eigenvalue weighted by Crippen LogP contribution is 2.48. The Hall–Kier alpha value is -1.88. The second-order valence-electron chi connectivity index (χ2n) is 5.79. The monoisotopic (exact) mass is 290 g/mol. The molecule has 114 valence electrons. The van der Waals surface area contributed by atoms with Crippen LogP contribution < -0.4 is 11.1 Å². The van der Waals surface area contributed by atoms with Crippen molar-refractivity contribution in [2.45, 2.75) is 38.0 Å². The van der Waals surface area contributed by atoms with Crippen LogP contribution in [0.1, 0.15) is 38.2 Å². The first-order chi connectivity index (χ1) is 9.99. The molecule has 1 aliphatic rings. The van der Waals surface area contributed by atoms with Gasteiger partial charge in [0.15, 0.2) is 0 Å². The fourth-order valence-electron chi connectivity index (χ4n) is 2.44. The first-order valence-electron chi connectivity index (χ1n) is 7.34. The number of aliphatic carboxylic acids is 1. The Labute approximate surface area is 124 Å². The number of rotatable bonds is 7. The highest BCUT2D eigenvalue weighted by Gasteiger charge is 2.51. The molecule has 0 radical (unpaired) electrons. The van der Waals surface area contributed by atoms with Gasteiger partial charge < -0.3 is 16.2 Å². The van der Waals surface area contributed by atoms with E-state index in [1.165, 1.54) is 0 Å². The quantitative estimate of drug-likeness (QED) is 0.717. The van der Waals surface area contributed by atoms with Crippen molar-refractivity contribution >= 4 is 17.6 Å². The molecule has 1 unspecified atom stereocenters. The maximum absolute atomic E-state index is 12.0. The van der Waals surface area contributed by atoms with Gasteiger partial charge in [0.1, 0.15) is 0 Å². The molecule has 0 aliphatic heterocycles. The van der Waals surface area contributed by atoms with Crippen molar-refractivity contribution in [3.8, 4) is 0 Å². The van der Waals surface area contributed by atoms with Gasteiger partial charge in [-0.15, -0.1) is 0 Å². The van der Waals surface area contributed by atoms with Crippen LogP contribution in [0.15, 0.2) is 24.3 Å². The minimum atomic E-state index is -0.769. The number of anilines is 1. The molecule has 2 rings (SSSR count). The molecular formula is C16H22N2O3. The average Bonchev–Trinajstić information content (AvgIpc) is 3.27. The molecule has 5 nitrogen and oxygen atoms in total. The van der Waals surface area contributed by atoms with Crippen LogP contribution in [0.25, 0.3) is 0 Å². The number of nitrogens with one attached hydrogen (secondary N) is 1. The lowest BCUT2D eigenvalue weighted by molar-refractivity contribution is -0.140. The van der Waals surface area contributed by atoms with Crippen LogP contribution >= 0.6 is 0 Å². The summed E-state index contributed by atoms with van der Waals surface area (Å²) in [6.45, 7) is 2.46. The third-order valence-electron chi connectivity index (χ3n) is 4.15. The number of hydrogen-bond acceptors (Lipinski definition) is 3. The second-order valence-corrected chi connectivity index (χ2v) is 5.79. The van der Waals surface area contributed by atoms with Crippen molar-refractivity contribution in [3.05, 3.63) is 29.8 Å². The summed E-state index contributed by atoms with van der Waals surface area (Å²) in [6.07, 6.45) is 2.96. The molecule has 1 aliphatic carbocycles. The van der Waals surface area contributed by atoms with E-state index in [2.05, 4.69) is 5.32 Å². The first-order valence-corrected chi connectivity index (χ1v) is 7.34. The Morgan fingerprint density at radius 2 is 1.95 bits per heavy atom. The number of amides is 1. The van der Waals surface area contributed by atoms with Crippen molar-refractivity contribution in [1.82, 2.24) is 0 Å². The van der Waals surface area contributed by atoms with Gasteiger partial charge in [-0.05, 0) is 49.9 Å². The Bertz CT molecular complexity index is 521. The van der Waals surface area contributed by atoms with Crippen LogP contribution in [-0.2, 0) is 15.0 Å². The van der Waals surface area contributed by atoms with E-state index in [4.69, 9.17) is 5.73 Å². The SMILES string of the molecule is CC(CCCN)C(=O)Nc1ccc(C2(C(=O)O)CC2)cc1. The van der Waals surface area contributed by atoms with Gasteiger partial charge in [-0.2, -0.15) is 0 Å². The highest BCUT2D eigenvalue weighted by atomic mass is 16.4. The van der Waals surface area contributed by atoms with Crippen molar-refractivity contribution < 1.29 is 14.7 Å². The molecule has 21 heavy (non-hydrogen) atoms. The molecule has 1 atom stereocenters. The summed E-state index contributed by atoms with van der Waals surface area (Å²) in [5, 5.41) is 12.1. The summed E-state index contributed by atoms with van der Waals surface area (Å²) in [7, 11) is 0. The minimum absolute atomic E-state index is 0.0319. The lowest BCUT2D eigenvalue weighted by Crippen LogP contribution is -2.22. The molecule has 1 aromatic rings. The molecule has 0 saturated heterocycles. The molecular weight excluding hydrogens is 268 g/mol. The van der Waals surface area contributed by atoms with Crippen molar-refractivity contribution in [3.63, 3.8) is 0 Å². The number of carboxylic acids is 1. The maximum atomic E-state index is 12.0. The molecule has 4 N–H and O–H groups in total. The summed E-state index contributed by atoms with van der Waals surface area (Å²) in [5.74, 6) is -0.882. The normalized spacial score (nSPS) is 17.0. The lowest BCUT2D eigenvalue weighted by Gasteiger charge is -2.13. The predicted molar refractivity (Wildman–Crippen MR) is 81.1 cm³/mol. The summed E-state index contributed by atoms with van der Waals surface area (Å²) < 4.78 is 0. The fraction of sp³-hybridized carbons (Fsp3) is 0.500. The van der Waals surface area contributed by atoms with E-state index >= 15 is 0 Å². The lowest BCUT2D eigenvalue weighted by atomic mass is 9.96. The van der Waals surface area contributed by atoms with Gasteiger partial charge in [0, 0.05) is 11.6 Å². The zero-order valence-electron chi connectivity index (χ0n) is 12.3. The number of carboxylic acid groups (broad SMARTS) is 1. The third-order valence-corrected chi connectivity index (χ3v) is 4.15. The molecule has 0 spiro atoms. The Balaban J connectivity index is 1.97. The number of hydrogen-bond donors (Lipinski definition) is 3. The summed E-state index contributed by atoms with van der Waals surface area (Å²) in [5.41, 5.74) is 6.25. The summed E-state index contributed by atoms with van der Waals surface area (Å²) >= 11 is 0. The van der Waals surface area contributed by atoms with Crippen molar-refractivity contribution in [2.24, 2.45) is 11.7 Å². The molecule has 1 saturated carbocycles. The molecule has 1 amide bonds. The predicted octanol–water partition coefficient (Wildman–Crippen LogP) is 2.12. The van der Waals surface area contributed by atoms with Gasteiger partial charge in [-0.1, -0.05) is 19.1 Å². The van der Waals surface area contributed by atoms with E-state index in [1.807, 2.05) is 6.92 Å². The zero-order valence-corrected chi connectivity index (χ0v) is 12.3. The van der Waals surface area contributed by atoms with Gasteiger partial charge in [-0.3, -0.25) is 9.59 Å². The second kappa shape index (κ2) is 6.26. The zero-order chi connectivity index (χ0) is 15.5. The van der Waals surface area contributed by atoms with E-state index in [9.17, 15) is 14.7 Å². The topological polar surface area (TPSA) is 92.4 Å². The Morgan fingerprint density at radius 1 is 1.33 bits per heavy atom. The molecule has 0 heterocycles. The minimum Gasteiger partial charge on any atom is -0.481 e. The molecule has 0 aromatic heterocycles. The van der Waals surface area contributed by atoms with Crippen LogP contribution in [0.2, 0.25) is 0 Å². The van der Waals surface area contributed by atoms with E-state index in [-0.39, 0.29) is 11.8 Å². The fourth-order valence-corrected chi connectivity index (χ4v) is 2.44. The number of benzene rings is 1. The van der Waals surface area contributed by atoms with Crippen molar-refractivity contribution in [2.75, 3.05) is 11.9 Å². The first kappa shape index (κ1) is 15.5. The standard InChI is InChI=1S/C16H22N2O3/c1-11(3-2-10-17)14(19)18-13-6-4-12(5-7-13)16(8-9-16)15(20)21/h4-7,11H,2-3,8-10,17H2,1H3,(H,18,19)(H,20,21). The van der Waals surface area contributed by atoms with Crippen LogP contribution in [0.3, 0.4) is 0 Å². The number of nitrogens with two attached hydrogens (primary N) is 1. The molecule has 0 bridgehead atoms. The van der Waals surface area contributed by atoms with E-state index in [0.717, 1.165) is 18.4 Å². The van der Waals surface area contributed by atoms with Crippen molar-refractivity contribution in [1.29, 1.82) is 0 Å². The molecule has 5 heteroatoms. The van der Waals surface area contributed by atoms with Gasteiger partial charge in [0.05, 0.1) is 5.41 Å². The Morgan fingerprint density at radius 3 is 2.43 bits per heavy atom. The van der Waals surface area contributed by atoms with Gasteiger partial charge >= 0.3 is 5.97 Å². The summed E-state index contributed by atoms with van der Waals surface area (Å²) in [4.78, 5) is 23.2. The Kier molecular flexibility index (Phi) is 4.63. The third kappa shape index (κ3) is 3.42. The number of carbonyl (C=O) groups is 2. The molecule has 1 aromatic carbocycles. The van der Waals surface area contributed by atoms with Crippen LogP contribution in [0.4, 0.5) is 5.69 Å². The highest BCUT2D eigenvalue weighted by molar-refractivity contribution is 5.92. The van der Waals surface area contributed by atoms with Gasteiger partial charge in [0.25, 0.3) is 0 Å². The van der Waals surface area contributed by atoms with Crippen LogP contribution in [0.5, 0.6) is 0 Å². The van der Waals surface area contributed by atoms with Gasteiger partial charge in [0.2, 0.25) is 5.91 Å². The molecule has 1 fully saturated rings. The van der Waals surface area contributed by atoms with Gasteiger partial charge in [-0.25, -0.2) is 0 Å².